The molecule has 0 saturated carbocycles. The van der Waals surface area contributed by atoms with E-state index in [0.29, 0.717) is 16.4 Å². The lowest BCUT2D eigenvalue weighted by atomic mass is 10.2. The molecule has 152 valence electrons. The van der Waals surface area contributed by atoms with Crippen molar-refractivity contribution in [3.8, 4) is 0 Å². The van der Waals surface area contributed by atoms with E-state index >= 15 is 0 Å². The minimum Gasteiger partial charge on any atom is -0.324 e. The van der Waals surface area contributed by atoms with Gasteiger partial charge in [0.2, 0.25) is 11.8 Å². The highest BCUT2D eigenvalue weighted by Crippen LogP contribution is 2.28. The third-order valence-electron chi connectivity index (χ3n) is 4.14. The summed E-state index contributed by atoms with van der Waals surface area (Å²) in [5, 5.41) is 5.84. The molecule has 1 unspecified atom stereocenters. The van der Waals surface area contributed by atoms with Crippen molar-refractivity contribution in [2.75, 3.05) is 10.6 Å². The van der Waals surface area contributed by atoms with Gasteiger partial charge in [-0.25, -0.2) is 0 Å². The number of para-hydroxylation sites is 1. The van der Waals surface area contributed by atoms with Gasteiger partial charge in [-0.15, -0.1) is 11.8 Å². The number of amides is 2. The van der Waals surface area contributed by atoms with Gasteiger partial charge in [-0.3, -0.25) is 9.59 Å². The lowest BCUT2D eigenvalue weighted by Crippen LogP contribution is -2.22. The number of benzene rings is 3. The minimum atomic E-state index is -0.342. The Hall–Kier alpha value is -3.02. The third-order valence-corrected chi connectivity index (χ3v) is 5.57. The lowest BCUT2D eigenvalue weighted by Gasteiger charge is -2.13. The van der Waals surface area contributed by atoms with Gasteiger partial charge in [-0.05, 0) is 48.9 Å². The highest BCUT2D eigenvalue weighted by molar-refractivity contribution is 8.00. The van der Waals surface area contributed by atoms with Gasteiger partial charge in [0.1, 0.15) is 0 Å². The predicted octanol–water partition coefficient (Wildman–Crippen LogP) is 6.11. The van der Waals surface area contributed by atoms with Gasteiger partial charge < -0.3 is 10.6 Å². The van der Waals surface area contributed by atoms with E-state index in [0.717, 1.165) is 10.5 Å². The van der Waals surface area contributed by atoms with Crippen LogP contribution in [0.1, 0.15) is 12.5 Å². The van der Waals surface area contributed by atoms with Crippen molar-refractivity contribution < 1.29 is 9.59 Å². The monoisotopic (exact) mass is 436 g/mol. The molecule has 0 saturated heterocycles. The second-order valence-corrected chi connectivity index (χ2v) is 8.31. The van der Waals surface area contributed by atoms with Crippen molar-refractivity contribution in [3.05, 3.63) is 95.5 Å². The number of anilines is 2. The summed E-state index contributed by atoms with van der Waals surface area (Å²) in [6.45, 7) is 1.82. The van der Waals surface area contributed by atoms with Gasteiger partial charge in [0.05, 0.1) is 16.0 Å². The minimum absolute atomic E-state index is 0.145. The lowest BCUT2D eigenvalue weighted by molar-refractivity contribution is -0.115. The Morgan fingerprint density at radius 3 is 2.43 bits per heavy atom. The van der Waals surface area contributed by atoms with Crippen molar-refractivity contribution in [3.63, 3.8) is 0 Å². The molecule has 0 aliphatic heterocycles. The molecule has 3 rings (SSSR count). The first-order chi connectivity index (χ1) is 14.5. The van der Waals surface area contributed by atoms with Gasteiger partial charge >= 0.3 is 0 Å². The Morgan fingerprint density at radius 2 is 1.67 bits per heavy atom. The van der Waals surface area contributed by atoms with Crippen LogP contribution in [0.2, 0.25) is 5.02 Å². The second kappa shape index (κ2) is 10.7. The zero-order valence-electron chi connectivity index (χ0n) is 16.3. The summed E-state index contributed by atoms with van der Waals surface area (Å²) in [5.74, 6) is -0.362. The summed E-state index contributed by atoms with van der Waals surface area (Å²) >= 11 is 7.50. The average Bonchev–Trinajstić information content (AvgIpc) is 2.75. The molecule has 0 aliphatic rings. The fourth-order valence-electron chi connectivity index (χ4n) is 2.62. The molecular formula is C24H21ClN2O2S. The fraction of sp³-hybridized carbons (Fsp3) is 0.0833. The van der Waals surface area contributed by atoms with Crippen molar-refractivity contribution >= 4 is 52.6 Å². The number of hydrogen-bond donors (Lipinski definition) is 2. The summed E-state index contributed by atoms with van der Waals surface area (Å²) in [5.41, 5.74) is 2.21. The first kappa shape index (κ1) is 21.7. The van der Waals surface area contributed by atoms with Gasteiger partial charge in [0.15, 0.2) is 0 Å². The summed E-state index contributed by atoms with van der Waals surface area (Å²) < 4.78 is 0. The molecule has 6 heteroatoms. The molecule has 0 radical (unpaired) electrons. The average molecular weight is 437 g/mol. The molecule has 0 fully saturated rings. The quantitative estimate of drug-likeness (QED) is 0.347. The van der Waals surface area contributed by atoms with Gasteiger partial charge in [0, 0.05) is 16.7 Å². The number of thioether (sulfide) groups is 1. The number of halogens is 1. The normalized spacial score (nSPS) is 11.8. The van der Waals surface area contributed by atoms with Gasteiger partial charge in [0.25, 0.3) is 0 Å². The number of rotatable bonds is 7. The molecule has 3 aromatic carbocycles. The second-order valence-electron chi connectivity index (χ2n) is 6.49. The smallest absolute Gasteiger partial charge is 0.248 e. The standard InChI is InChI=1S/C24H21ClN2O2S/c1-17(24(29)27-22-13-6-5-12-21(22)25)30-20-11-7-10-19(16-20)26-23(28)15-14-18-8-3-2-4-9-18/h2-17H,1H3,(H,26,28)(H,27,29)/b15-14+. The Kier molecular flexibility index (Phi) is 7.71. The van der Waals surface area contributed by atoms with E-state index in [1.54, 1.807) is 18.2 Å². The van der Waals surface area contributed by atoms with Gasteiger partial charge in [-0.1, -0.05) is 60.1 Å². The summed E-state index contributed by atoms with van der Waals surface area (Å²) in [4.78, 5) is 25.5. The Labute approximate surface area is 185 Å². The number of hydrogen-bond acceptors (Lipinski definition) is 3. The van der Waals surface area contributed by atoms with Crippen LogP contribution < -0.4 is 10.6 Å². The number of nitrogens with one attached hydrogen (secondary N) is 2. The Balaban J connectivity index is 1.58. The maximum Gasteiger partial charge on any atom is 0.248 e. The van der Waals surface area contributed by atoms with Crippen LogP contribution in [0, 0.1) is 0 Å². The largest absolute Gasteiger partial charge is 0.324 e. The van der Waals surface area contributed by atoms with Crippen LogP contribution >= 0.6 is 23.4 Å². The first-order valence-electron chi connectivity index (χ1n) is 9.37. The van der Waals surface area contributed by atoms with E-state index in [1.165, 1.54) is 17.8 Å². The fourth-order valence-corrected chi connectivity index (χ4v) is 3.73. The number of carbonyl (C=O) groups is 2. The zero-order valence-corrected chi connectivity index (χ0v) is 17.9. The maximum absolute atomic E-state index is 12.5. The zero-order chi connectivity index (χ0) is 21.3. The van der Waals surface area contributed by atoms with E-state index in [9.17, 15) is 9.59 Å². The third kappa shape index (κ3) is 6.51. The van der Waals surface area contributed by atoms with Crippen molar-refractivity contribution in [1.29, 1.82) is 0 Å². The molecule has 3 aromatic rings. The van der Waals surface area contributed by atoms with E-state index < -0.39 is 0 Å². The highest BCUT2D eigenvalue weighted by Gasteiger charge is 2.16. The molecule has 2 N–H and O–H groups in total. The van der Waals surface area contributed by atoms with Crippen molar-refractivity contribution in [1.82, 2.24) is 0 Å². The molecular weight excluding hydrogens is 416 g/mol. The van der Waals surface area contributed by atoms with E-state index in [1.807, 2.05) is 73.7 Å². The van der Waals surface area contributed by atoms with E-state index in [-0.39, 0.29) is 17.1 Å². The SMILES string of the molecule is CC(Sc1cccc(NC(=O)/C=C/c2ccccc2)c1)C(=O)Nc1ccccc1Cl. The van der Waals surface area contributed by atoms with Crippen LogP contribution in [0.5, 0.6) is 0 Å². The van der Waals surface area contributed by atoms with Crippen LogP contribution in [0.25, 0.3) is 6.08 Å². The Bertz CT molecular complexity index is 1050. The summed E-state index contributed by atoms with van der Waals surface area (Å²) in [6.07, 6.45) is 3.25. The molecule has 0 spiro atoms. The van der Waals surface area contributed by atoms with Crippen LogP contribution in [0.15, 0.2) is 89.8 Å². The molecule has 4 nitrogen and oxygen atoms in total. The van der Waals surface area contributed by atoms with E-state index in [2.05, 4.69) is 10.6 Å². The van der Waals surface area contributed by atoms with Crippen molar-refractivity contribution in [2.24, 2.45) is 0 Å². The van der Waals surface area contributed by atoms with Crippen molar-refractivity contribution in [2.45, 2.75) is 17.1 Å². The summed E-state index contributed by atoms with van der Waals surface area (Å²) in [6, 6.07) is 24.1. The maximum atomic E-state index is 12.5. The van der Waals surface area contributed by atoms with Gasteiger partial charge in [-0.2, -0.15) is 0 Å². The molecule has 2 amide bonds. The molecule has 0 heterocycles. The van der Waals surface area contributed by atoms with Crippen LogP contribution in [-0.2, 0) is 9.59 Å². The molecule has 1 atom stereocenters. The summed E-state index contributed by atoms with van der Waals surface area (Å²) in [7, 11) is 0. The molecule has 0 bridgehead atoms. The molecule has 0 aromatic heterocycles. The van der Waals surface area contributed by atoms with Crippen LogP contribution in [0.4, 0.5) is 11.4 Å². The predicted molar refractivity (Wildman–Crippen MR) is 126 cm³/mol. The van der Waals surface area contributed by atoms with E-state index in [4.69, 9.17) is 11.6 Å². The van der Waals surface area contributed by atoms with Crippen LogP contribution in [0.3, 0.4) is 0 Å². The first-order valence-corrected chi connectivity index (χ1v) is 10.6. The topological polar surface area (TPSA) is 58.2 Å². The molecule has 30 heavy (non-hydrogen) atoms. The highest BCUT2D eigenvalue weighted by atomic mass is 35.5. The molecule has 0 aliphatic carbocycles. The Morgan fingerprint density at radius 1 is 0.933 bits per heavy atom. The number of carbonyl (C=O) groups excluding carboxylic acids is 2. The van der Waals surface area contributed by atoms with Crippen LogP contribution in [-0.4, -0.2) is 17.1 Å².